The fraction of sp³-hybridized carbons (Fsp3) is 0.600. The number of nitrogens with zero attached hydrogens (tertiary/aromatic N) is 2. The first-order valence-electron chi connectivity index (χ1n) is 9.15. The van der Waals surface area contributed by atoms with Gasteiger partial charge in [0.1, 0.15) is 0 Å². The summed E-state index contributed by atoms with van der Waals surface area (Å²) in [5.74, 6) is -0.748. The molecule has 4 nitrogen and oxygen atoms in total. The number of amides is 2. The molecule has 0 unspecified atom stereocenters. The highest BCUT2D eigenvalue weighted by Crippen LogP contribution is 2.11. The number of unbranched alkanes of at least 4 members (excludes halogenated alkanes) is 2. The van der Waals surface area contributed by atoms with Gasteiger partial charge in [0.25, 0.3) is 0 Å². The fourth-order valence-corrected chi connectivity index (χ4v) is 2.54. The van der Waals surface area contributed by atoms with Crippen molar-refractivity contribution in [2.24, 2.45) is 0 Å². The molecular formula is C20H32N2O2. The first-order chi connectivity index (χ1) is 11.5. The first kappa shape index (κ1) is 20.2. The molecule has 0 aromatic heterocycles. The van der Waals surface area contributed by atoms with Crippen LogP contribution in [0, 0.1) is 0 Å². The molecule has 0 bridgehead atoms. The molecule has 0 saturated carbocycles. The van der Waals surface area contributed by atoms with Crippen LogP contribution in [0.5, 0.6) is 0 Å². The van der Waals surface area contributed by atoms with Crippen LogP contribution in [0.4, 0.5) is 0 Å². The molecule has 0 heterocycles. The summed E-state index contributed by atoms with van der Waals surface area (Å²) in [4.78, 5) is 28.9. The Balaban J connectivity index is 2.84. The van der Waals surface area contributed by atoms with Crippen molar-refractivity contribution in [2.45, 2.75) is 66.0 Å². The summed E-state index contributed by atoms with van der Waals surface area (Å²) < 4.78 is 0. The third kappa shape index (κ3) is 6.34. The zero-order chi connectivity index (χ0) is 17.9. The molecule has 1 aromatic rings. The maximum atomic E-state index is 12.8. The van der Waals surface area contributed by atoms with E-state index < -0.39 is 0 Å². The first-order valence-corrected chi connectivity index (χ1v) is 9.15. The van der Waals surface area contributed by atoms with Gasteiger partial charge in [-0.05, 0) is 32.3 Å². The molecule has 24 heavy (non-hydrogen) atoms. The van der Waals surface area contributed by atoms with E-state index >= 15 is 0 Å². The topological polar surface area (TPSA) is 40.6 Å². The Labute approximate surface area is 146 Å². The average Bonchev–Trinajstić information content (AvgIpc) is 2.59. The van der Waals surface area contributed by atoms with Crippen molar-refractivity contribution in [3.05, 3.63) is 35.9 Å². The third-order valence-corrected chi connectivity index (χ3v) is 4.11. The maximum absolute atomic E-state index is 12.8. The van der Waals surface area contributed by atoms with E-state index in [1.165, 1.54) is 0 Å². The van der Waals surface area contributed by atoms with E-state index in [0.29, 0.717) is 19.6 Å². The minimum atomic E-state index is -0.388. The lowest BCUT2D eigenvalue weighted by molar-refractivity contribution is -0.153. The smallest absolute Gasteiger partial charge is 0.312 e. The predicted octanol–water partition coefficient (Wildman–Crippen LogP) is 3.85. The number of benzene rings is 1. The summed E-state index contributed by atoms with van der Waals surface area (Å²) in [5.41, 5.74) is 1.04. The van der Waals surface area contributed by atoms with Crippen molar-refractivity contribution in [3.63, 3.8) is 0 Å². The lowest BCUT2D eigenvalue weighted by Crippen LogP contribution is -2.48. The Morgan fingerprint density at radius 3 is 1.92 bits per heavy atom. The van der Waals surface area contributed by atoms with Crippen molar-refractivity contribution < 1.29 is 9.59 Å². The average molecular weight is 332 g/mol. The van der Waals surface area contributed by atoms with Gasteiger partial charge < -0.3 is 9.80 Å². The van der Waals surface area contributed by atoms with Crippen molar-refractivity contribution >= 4 is 11.8 Å². The Morgan fingerprint density at radius 2 is 1.46 bits per heavy atom. The molecule has 0 aliphatic rings. The zero-order valence-electron chi connectivity index (χ0n) is 15.6. The van der Waals surface area contributed by atoms with Crippen LogP contribution < -0.4 is 0 Å². The summed E-state index contributed by atoms with van der Waals surface area (Å²) in [6.45, 7) is 9.91. The van der Waals surface area contributed by atoms with Crippen LogP contribution in [-0.4, -0.2) is 40.7 Å². The summed E-state index contributed by atoms with van der Waals surface area (Å²) in [6, 6.07) is 9.82. The van der Waals surface area contributed by atoms with Crippen LogP contribution in [0.15, 0.2) is 30.3 Å². The van der Waals surface area contributed by atoms with Crippen LogP contribution in [-0.2, 0) is 16.1 Å². The van der Waals surface area contributed by atoms with Crippen LogP contribution in [0.3, 0.4) is 0 Å². The van der Waals surface area contributed by atoms with Crippen molar-refractivity contribution in [3.8, 4) is 0 Å². The lowest BCUT2D eigenvalue weighted by atomic mass is 10.1. The monoisotopic (exact) mass is 332 g/mol. The van der Waals surface area contributed by atoms with Gasteiger partial charge in [-0.25, -0.2) is 0 Å². The second-order valence-electron chi connectivity index (χ2n) is 6.51. The molecule has 0 radical (unpaired) electrons. The molecule has 0 saturated heterocycles. The predicted molar refractivity (Wildman–Crippen MR) is 98.5 cm³/mol. The van der Waals surface area contributed by atoms with Gasteiger partial charge >= 0.3 is 11.8 Å². The molecule has 0 spiro atoms. The normalized spacial score (nSPS) is 10.7. The quantitative estimate of drug-likeness (QED) is 0.644. The van der Waals surface area contributed by atoms with Crippen LogP contribution in [0.1, 0.15) is 58.9 Å². The van der Waals surface area contributed by atoms with E-state index in [4.69, 9.17) is 0 Å². The van der Waals surface area contributed by atoms with E-state index in [0.717, 1.165) is 31.2 Å². The Morgan fingerprint density at radius 1 is 0.917 bits per heavy atom. The van der Waals surface area contributed by atoms with Gasteiger partial charge in [0, 0.05) is 25.7 Å². The standard InChI is InChI=1S/C20H32N2O2/c1-5-7-14-21(15-8-6-2)19(23)20(24)22(17(3)4)16-18-12-10-9-11-13-18/h9-13,17H,5-8,14-16H2,1-4H3. The van der Waals surface area contributed by atoms with Gasteiger partial charge in [-0.1, -0.05) is 57.0 Å². The van der Waals surface area contributed by atoms with E-state index in [1.807, 2.05) is 44.2 Å². The molecule has 4 heteroatoms. The summed E-state index contributed by atoms with van der Waals surface area (Å²) >= 11 is 0. The van der Waals surface area contributed by atoms with E-state index in [-0.39, 0.29) is 17.9 Å². The van der Waals surface area contributed by atoms with E-state index in [1.54, 1.807) is 9.80 Å². The Bertz CT molecular complexity index is 492. The highest BCUT2D eigenvalue weighted by molar-refractivity contribution is 6.34. The SMILES string of the molecule is CCCCN(CCCC)C(=O)C(=O)N(Cc1ccccc1)C(C)C. The number of rotatable bonds is 9. The molecule has 0 aliphatic heterocycles. The largest absolute Gasteiger partial charge is 0.334 e. The van der Waals surface area contributed by atoms with Crippen LogP contribution in [0.2, 0.25) is 0 Å². The van der Waals surface area contributed by atoms with Gasteiger partial charge in [0.15, 0.2) is 0 Å². The van der Waals surface area contributed by atoms with Crippen LogP contribution in [0.25, 0.3) is 0 Å². The minimum Gasteiger partial charge on any atom is -0.334 e. The number of hydrogen-bond donors (Lipinski definition) is 0. The van der Waals surface area contributed by atoms with Gasteiger partial charge in [-0.15, -0.1) is 0 Å². The number of carbonyl (C=O) groups excluding carboxylic acids is 2. The Hall–Kier alpha value is -1.84. The van der Waals surface area contributed by atoms with E-state index in [9.17, 15) is 9.59 Å². The molecular weight excluding hydrogens is 300 g/mol. The fourth-order valence-electron chi connectivity index (χ4n) is 2.54. The molecule has 134 valence electrons. The second kappa shape index (κ2) is 10.8. The third-order valence-electron chi connectivity index (χ3n) is 4.11. The summed E-state index contributed by atoms with van der Waals surface area (Å²) in [5, 5.41) is 0. The van der Waals surface area contributed by atoms with Crippen molar-refractivity contribution in [1.82, 2.24) is 9.80 Å². The minimum absolute atomic E-state index is 0.0131. The van der Waals surface area contributed by atoms with Gasteiger partial charge in [-0.2, -0.15) is 0 Å². The molecule has 0 fully saturated rings. The molecule has 0 atom stereocenters. The van der Waals surface area contributed by atoms with Crippen molar-refractivity contribution in [1.29, 1.82) is 0 Å². The summed E-state index contributed by atoms with van der Waals surface area (Å²) in [6.07, 6.45) is 3.90. The lowest BCUT2D eigenvalue weighted by Gasteiger charge is -2.29. The highest BCUT2D eigenvalue weighted by Gasteiger charge is 2.28. The highest BCUT2D eigenvalue weighted by atomic mass is 16.2. The van der Waals surface area contributed by atoms with Crippen LogP contribution >= 0.6 is 0 Å². The molecule has 2 amide bonds. The summed E-state index contributed by atoms with van der Waals surface area (Å²) in [7, 11) is 0. The van der Waals surface area contributed by atoms with Gasteiger partial charge in [-0.3, -0.25) is 9.59 Å². The molecule has 0 N–H and O–H groups in total. The van der Waals surface area contributed by atoms with Gasteiger partial charge in [0.2, 0.25) is 0 Å². The Kier molecular flexibility index (Phi) is 9.13. The van der Waals surface area contributed by atoms with Gasteiger partial charge in [0.05, 0.1) is 0 Å². The van der Waals surface area contributed by atoms with E-state index in [2.05, 4.69) is 13.8 Å². The molecule has 1 rings (SSSR count). The number of hydrogen-bond acceptors (Lipinski definition) is 2. The molecule has 0 aliphatic carbocycles. The second-order valence-corrected chi connectivity index (χ2v) is 6.51. The maximum Gasteiger partial charge on any atom is 0.312 e. The van der Waals surface area contributed by atoms with Crippen molar-refractivity contribution in [2.75, 3.05) is 13.1 Å². The molecule has 1 aromatic carbocycles. The zero-order valence-corrected chi connectivity index (χ0v) is 15.6. The number of carbonyl (C=O) groups is 2.